The molecule has 1 aliphatic heterocycles. The van der Waals surface area contributed by atoms with Crippen molar-refractivity contribution in [3.05, 3.63) is 29.8 Å². The quantitative estimate of drug-likeness (QED) is 0.653. The van der Waals surface area contributed by atoms with E-state index in [2.05, 4.69) is 40.9 Å². The fourth-order valence-corrected chi connectivity index (χ4v) is 2.57. The molecule has 1 aromatic heterocycles. The Hall–Kier alpha value is -1.22. The van der Waals surface area contributed by atoms with Gasteiger partial charge in [0.1, 0.15) is 0 Å². The van der Waals surface area contributed by atoms with E-state index in [1.807, 2.05) is 6.07 Å². The summed E-state index contributed by atoms with van der Waals surface area (Å²) in [6.45, 7) is 2.16. The summed E-state index contributed by atoms with van der Waals surface area (Å²) in [5.41, 5.74) is 3.68. The molecule has 0 amide bonds. The number of para-hydroxylation sites is 2. The van der Waals surface area contributed by atoms with Gasteiger partial charge in [0.2, 0.25) is 0 Å². The summed E-state index contributed by atoms with van der Waals surface area (Å²) >= 11 is 1.81. The highest BCUT2D eigenvalue weighted by atomic mass is 32.2. The molecule has 0 spiro atoms. The Bertz CT molecular complexity index is 525. The summed E-state index contributed by atoms with van der Waals surface area (Å²) in [4.78, 5) is 4.57. The molecule has 14 heavy (non-hydrogen) atoms. The smallest absolute Gasteiger partial charge is 0.173 e. The number of hydrogen-bond acceptors (Lipinski definition) is 2. The van der Waals surface area contributed by atoms with E-state index < -0.39 is 0 Å². The van der Waals surface area contributed by atoms with Crippen molar-refractivity contribution in [3.8, 4) is 0 Å². The Labute approximate surface area is 86.6 Å². The normalized spacial score (nSPS) is 15.4. The van der Waals surface area contributed by atoms with Gasteiger partial charge in [0, 0.05) is 12.0 Å². The first-order chi connectivity index (χ1) is 6.84. The number of hydrogen-bond donors (Lipinski definition) is 0. The van der Waals surface area contributed by atoms with Gasteiger partial charge in [0.05, 0.1) is 11.0 Å². The third kappa shape index (κ3) is 1.09. The SMILES string of the molecule is CC1=Cn2c(nc3ccccc32)SC1. The minimum Gasteiger partial charge on any atom is -0.294 e. The average molecular weight is 202 g/mol. The molecule has 70 valence electrons. The summed E-state index contributed by atoms with van der Waals surface area (Å²) in [5, 5.41) is 1.11. The lowest BCUT2D eigenvalue weighted by molar-refractivity contribution is 0.949. The lowest BCUT2D eigenvalue weighted by Gasteiger charge is -2.10. The van der Waals surface area contributed by atoms with Gasteiger partial charge in [0.15, 0.2) is 5.16 Å². The minimum absolute atomic E-state index is 1.06. The van der Waals surface area contributed by atoms with E-state index >= 15 is 0 Å². The summed E-state index contributed by atoms with van der Waals surface area (Å²) < 4.78 is 2.18. The van der Waals surface area contributed by atoms with Crippen molar-refractivity contribution in [3.63, 3.8) is 0 Å². The van der Waals surface area contributed by atoms with Crippen molar-refractivity contribution in [2.75, 3.05) is 5.75 Å². The van der Waals surface area contributed by atoms with Crippen LogP contribution in [-0.4, -0.2) is 15.3 Å². The molecule has 0 N–H and O–H groups in total. The van der Waals surface area contributed by atoms with Gasteiger partial charge in [0.25, 0.3) is 0 Å². The average Bonchev–Trinajstić information content (AvgIpc) is 2.56. The zero-order chi connectivity index (χ0) is 9.54. The molecule has 0 atom stereocenters. The Morgan fingerprint density at radius 1 is 1.36 bits per heavy atom. The van der Waals surface area contributed by atoms with Crippen molar-refractivity contribution in [1.82, 2.24) is 9.55 Å². The predicted octanol–water partition coefficient (Wildman–Crippen LogP) is 3.00. The second-order valence-corrected chi connectivity index (χ2v) is 4.46. The molecule has 0 aliphatic carbocycles. The molecule has 2 nitrogen and oxygen atoms in total. The van der Waals surface area contributed by atoms with E-state index in [1.165, 1.54) is 11.1 Å². The molecule has 0 saturated heterocycles. The van der Waals surface area contributed by atoms with Gasteiger partial charge >= 0.3 is 0 Å². The Kier molecular flexibility index (Phi) is 1.67. The number of fused-ring (bicyclic) bond motifs is 3. The van der Waals surface area contributed by atoms with Gasteiger partial charge in [-0.25, -0.2) is 4.98 Å². The maximum absolute atomic E-state index is 4.57. The van der Waals surface area contributed by atoms with Crippen LogP contribution < -0.4 is 0 Å². The highest BCUT2D eigenvalue weighted by molar-refractivity contribution is 7.99. The van der Waals surface area contributed by atoms with Crippen LogP contribution in [0.4, 0.5) is 0 Å². The molecule has 1 aliphatic rings. The molecular formula is C11H10N2S. The first kappa shape index (κ1) is 8.12. The maximum atomic E-state index is 4.57. The molecule has 2 heterocycles. The molecule has 0 bridgehead atoms. The van der Waals surface area contributed by atoms with Crippen molar-refractivity contribution < 1.29 is 0 Å². The third-order valence-electron chi connectivity index (χ3n) is 2.34. The number of benzene rings is 1. The highest BCUT2D eigenvalue weighted by Gasteiger charge is 2.13. The first-order valence-electron chi connectivity index (χ1n) is 4.62. The fourth-order valence-electron chi connectivity index (χ4n) is 1.68. The minimum atomic E-state index is 1.06. The van der Waals surface area contributed by atoms with Crippen LogP contribution in [-0.2, 0) is 0 Å². The number of aromatic nitrogens is 2. The van der Waals surface area contributed by atoms with E-state index in [0.717, 1.165) is 16.4 Å². The molecule has 2 aromatic rings. The van der Waals surface area contributed by atoms with E-state index in [1.54, 1.807) is 11.8 Å². The van der Waals surface area contributed by atoms with Crippen LogP contribution >= 0.6 is 11.8 Å². The maximum Gasteiger partial charge on any atom is 0.173 e. The monoisotopic (exact) mass is 202 g/mol. The first-order valence-corrected chi connectivity index (χ1v) is 5.60. The molecule has 1 aromatic carbocycles. The van der Waals surface area contributed by atoms with Gasteiger partial charge in [-0.1, -0.05) is 23.9 Å². The molecular weight excluding hydrogens is 192 g/mol. The molecule has 0 fully saturated rings. The van der Waals surface area contributed by atoms with Crippen molar-refractivity contribution in [1.29, 1.82) is 0 Å². The van der Waals surface area contributed by atoms with Crippen LogP contribution in [0.1, 0.15) is 6.92 Å². The van der Waals surface area contributed by atoms with Gasteiger partial charge in [-0.05, 0) is 24.6 Å². The second kappa shape index (κ2) is 2.89. The largest absolute Gasteiger partial charge is 0.294 e. The number of nitrogens with zero attached hydrogens (tertiary/aromatic N) is 2. The lowest BCUT2D eigenvalue weighted by atomic mass is 10.3. The summed E-state index contributed by atoms with van der Waals surface area (Å²) in [6.07, 6.45) is 2.18. The highest BCUT2D eigenvalue weighted by Crippen LogP contribution is 2.29. The van der Waals surface area contributed by atoms with Crippen LogP contribution in [0, 0.1) is 0 Å². The number of thioether (sulfide) groups is 1. The van der Waals surface area contributed by atoms with Crippen molar-refractivity contribution >= 4 is 29.0 Å². The van der Waals surface area contributed by atoms with Crippen LogP contribution in [0.2, 0.25) is 0 Å². The van der Waals surface area contributed by atoms with Gasteiger partial charge in [-0.2, -0.15) is 0 Å². The summed E-state index contributed by atoms with van der Waals surface area (Å²) in [6, 6.07) is 8.26. The van der Waals surface area contributed by atoms with Crippen molar-refractivity contribution in [2.24, 2.45) is 0 Å². The third-order valence-corrected chi connectivity index (χ3v) is 3.49. The molecule has 3 heteroatoms. The van der Waals surface area contributed by atoms with Crippen LogP contribution in [0.3, 0.4) is 0 Å². The number of rotatable bonds is 0. The summed E-state index contributed by atoms with van der Waals surface area (Å²) in [5.74, 6) is 1.06. The fraction of sp³-hybridized carbons (Fsp3) is 0.182. The number of imidazole rings is 1. The second-order valence-electron chi connectivity index (χ2n) is 3.52. The summed E-state index contributed by atoms with van der Waals surface area (Å²) in [7, 11) is 0. The van der Waals surface area contributed by atoms with Gasteiger partial charge in [-0.15, -0.1) is 0 Å². The zero-order valence-corrected chi connectivity index (χ0v) is 8.71. The molecule has 0 radical (unpaired) electrons. The Morgan fingerprint density at radius 3 is 3.14 bits per heavy atom. The van der Waals surface area contributed by atoms with Gasteiger partial charge in [-0.3, -0.25) is 4.57 Å². The standard InChI is InChI=1S/C11H10N2S/c1-8-6-13-10-5-3-2-4-9(10)12-11(13)14-7-8/h2-6H,7H2,1H3. The molecule has 0 unspecified atom stereocenters. The topological polar surface area (TPSA) is 17.8 Å². The van der Waals surface area contributed by atoms with Gasteiger partial charge < -0.3 is 0 Å². The lowest BCUT2D eigenvalue weighted by Crippen LogP contribution is -1.98. The van der Waals surface area contributed by atoms with E-state index in [9.17, 15) is 0 Å². The molecule has 0 saturated carbocycles. The van der Waals surface area contributed by atoms with E-state index in [-0.39, 0.29) is 0 Å². The van der Waals surface area contributed by atoms with Crippen LogP contribution in [0.5, 0.6) is 0 Å². The Balaban J connectivity index is 2.37. The van der Waals surface area contributed by atoms with E-state index in [0.29, 0.717) is 0 Å². The zero-order valence-electron chi connectivity index (χ0n) is 7.90. The van der Waals surface area contributed by atoms with E-state index in [4.69, 9.17) is 0 Å². The van der Waals surface area contributed by atoms with Crippen LogP contribution in [0.25, 0.3) is 17.2 Å². The van der Waals surface area contributed by atoms with Crippen molar-refractivity contribution in [2.45, 2.75) is 12.1 Å². The predicted molar refractivity (Wildman–Crippen MR) is 60.4 cm³/mol. The molecule has 3 rings (SSSR count). The Morgan fingerprint density at radius 2 is 2.21 bits per heavy atom. The van der Waals surface area contributed by atoms with Crippen LogP contribution in [0.15, 0.2) is 35.0 Å².